The number of alkyl halides is 3. The molecule has 2 heterocycles. The molecule has 0 radical (unpaired) electrons. The lowest BCUT2D eigenvalue weighted by Gasteiger charge is -2.28. The Kier molecular flexibility index (Phi) is 8.85. The van der Waals surface area contributed by atoms with Gasteiger partial charge in [0.15, 0.2) is 0 Å². The average molecular weight is 601 g/mol. The van der Waals surface area contributed by atoms with Crippen molar-refractivity contribution in [2.45, 2.75) is 32.9 Å². The van der Waals surface area contributed by atoms with Crippen molar-refractivity contribution < 1.29 is 27.2 Å². The van der Waals surface area contributed by atoms with E-state index in [4.69, 9.17) is 16.0 Å². The van der Waals surface area contributed by atoms with Crippen LogP contribution in [0.5, 0.6) is 0 Å². The number of nitriles is 1. The van der Waals surface area contributed by atoms with E-state index in [1.54, 1.807) is 25.1 Å². The summed E-state index contributed by atoms with van der Waals surface area (Å²) >= 11 is 7.17. The number of carbonyl (C=O) groups is 2. The van der Waals surface area contributed by atoms with Gasteiger partial charge in [0, 0.05) is 11.4 Å². The number of allylic oxidation sites excluding steroid dienone is 2. The summed E-state index contributed by atoms with van der Waals surface area (Å²) in [6.07, 6.45) is -3.26. The minimum atomic E-state index is -4.64. The average Bonchev–Trinajstić information content (AvgIpc) is 3.44. The molecule has 0 spiro atoms. The molecular formula is C29H24ClF3N4O3S. The molecular weight excluding hydrogens is 577 g/mol. The van der Waals surface area contributed by atoms with Gasteiger partial charge in [-0.15, -0.1) is 0 Å². The molecule has 3 aromatic rings. The predicted molar refractivity (Wildman–Crippen MR) is 152 cm³/mol. The van der Waals surface area contributed by atoms with Gasteiger partial charge in [-0.2, -0.15) is 18.4 Å². The number of hydrogen-bond donors (Lipinski definition) is 3. The third-order valence-electron chi connectivity index (χ3n) is 6.40. The normalized spacial score (nSPS) is 15.3. The van der Waals surface area contributed by atoms with Crippen molar-refractivity contribution in [2.24, 2.45) is 0 Å². The Balaban J connectivity index is 1.60. The van der Waals surface area contributed by atoms with Crippen molar-refractivity contribution in [1.29, 1.82) is 5.26 Å². The molecule has 41 heavy (non-hydrogen) atoms. The number of dihydropyridines is 1. The number of nitrogens with zero attached hydrogens (tertiary/aromatic N) is 1. The molecule has 0 saturated heterocycles. The molecule has 0 fully saturated rings. The molecule has 12 heteroatoms. The van der Waals surface area contributed by atoms with Gasteiger partial charge in [-0.25, -0.2) is 0 Å². The van der Waals surface area contributed by atoms with Crippen molar-refractivity contribution >= 4 is 46.6 Å². The number of carbonyl (C=O) groups excluding carboxylic acids is 2. The van der Waals surface area contributed by atoms with Crippen LogP contribution in [0.15, 0.2) is 81.1 Å². The largest absolute Gasteiger partial charge is 0.468 e. The van der Waals surface area contributed by atoms with E-state index in [-0.39, 0.29) is 39.3 Å². The Bertz CT molecular complexity index is 1610. The third kappa shape index (κ3) is 6.78. The van der Waals surface area contributed by atoms with Crippen LogP contribution in [0.1, 0.15) is 35.3 Å². The molecule has 4 rings (SSSR count). The van der Waals surface area contributed by atoms with Gasteiger partial charge in [0.1, 0.15) is 5.76 Å². The topological polar surface area (TPSA) is 107 Å². The SMILES string of the molecule is CC1=C(C(=O)Nc2cc(C(F)(F)F)ccc2Cl)C(c2ccco2)C(C#N)=C(SCC(=O)Nc2ccc(C)c(C)c2)N1. The molecule has 1 unspecified atom stereocenters. The van der Waals surface area contributed by atoms with Crippen LogP contribution in [0.4, 0.5) is 24.5 Å². The summed E-state index contributed by atoms with van der Waals surface area (Å²) in [5, 5.41) is 18.7. The van der Waals surface area contributed by atoms with E-state index < -0.39 is 23.6 Å². The second-order valence-electron chi connectivity index (χ2n) is 9.25. The standard InChI is InChI=1S/C29H24ClF3N4O3S/c1-15-6-8-19(11-16(15)2)36-24(38)14-41-28-20(13-34)26(23-5-4-10-40-23)25(17(3)35-28)27(39)37-22-12-18(29(31,32)33)7-9-21(22)30/h4-12,26,35H,14H2,1-3H3,(H,36,38)(H,37,39). The summed E-state index contributed by atoms with van der Waals surface area (Å²) in [5.74, 6) is -1.85. The monoisotopic (exact) mass is 600 g/mol. The molecule has 212 valence electrons. The number of anilines is 2. The maximum Gasteiger partial charge on any atom is 0.416 e. The van der Waals surface area contributed by atoms with Gasteiger partial charge in [0.05, 0.1) is 56.5 Å². The second kappa shape index (κ2) is 12.2. The van der Waals surface area contributed by atoms with E-state index in [9.17, 15) is 28.0 Å². The van der Waals surface area contributed by atoms with Crippen LogP contribution in [-0.4, -0.2) is 17.6 Å². The second-order valence-corrected chi connectivity index (χ2v) is 10.6. The lowest BCUT2D eigenvalue weighted by Crippen LogP contribution is -2.31. The molecule has 1 aromatic heterocycles. The lowest BCUT2D eigenvalue weighted by atomic mass is 9.85. The zero-order valence-corrected chi connectivity index (χ0v) is 23.6. The van der Waals surface area contributed by atoms with Crippen LogP contribution >= 0.6 is 23.4 Å². The van der Waals surface area contributed by atoms with Gasteiger partial charge < -0.3 is 20.4 Å². The number of halogens is 4. The summed E-state index contributed by atoms with van der Waals surface area (Å²) in [4.78, 5) is 26.2. The molecule has 3 N–H and O–H groups in total. The zero-order chi connectivity index (χ0) is 29.9. The molecule has 0 saturated carbocycles. The maximum absolute atomic E-state index is 13.5. The predicted octanol–water partition coefficient (Wildman–Crippen LogP) is 7.28. The Hall–Kier alpha value is -4.14. The number of aryl methyl sites for hydroxylation is 2. The first-order valence-electron chi connectivity index (χ1n) is 12.2. The summed E-state index contributed by atoms with van der Waals surface area (Å²) in [6, 6.07) is 13.4. The molecule has 0 bridgehead atoms. The first-order valence-corrected chi connectivity index (χ1v) is 13.6. The van der Waals surface area contributed by atoms with Crippen LogP contribution in [-0.2, 0) is 15.8 Å². The van der Waals surface area contributed by atoms with Crippen molar-refractivity contribution in [3.63, 3.8) is 0 Å². The van der Waals surface area contributed by atoms with Gasteiger partial charge in [-0.1, -0.05) is 29.4 Å². The lowest BCUT2D eigenvalue weighted by molar-refractivity contribution is -0.137. The molecule has 1 atom stereocenters. The van der Waals surface area contributed by atoms with E-state index in [2.05, 4.69) is 22.0 Å². The number of thioether (sulfide) groups is 1. The smallest absolute Gasteiger partial charge is 0.416 e. The number of hydrogen-bond acceptors (Lipinski definition) is 6. The number of amides is 2. The van der Waals surface area contributed by atoms with Crippen molar-refractivity contribution in [1.82, 2.24) is 5.32 Å². The maximum atomic E-state index is 13.5. The summed E-state index contributed by atoms with van der Waals surface area (Å²) in [7, 11) is 0. The number of rotatable bonds is 7. The highest BCUT2D eigenvalue weighted by atomic mass is 35.5. The molecule has 2 amide bonds. The fourth-order valence-electron chi connectivity index (χ4n) is 4.21. The van der Waals surface area contributed by atoms with E-state index in [1.807, 2.05) is 26.0 Å². The van der Waals surface area contributed by atoms with Gasteiger partial charge in [-0.05, 0) is 74.4 Å². The van der Waals surface area contributed by atoms with Crippen LogP contribution in [0.25, 0.3) is 0 Å². The molecule has 0 aliphatic carbocycles. The highest BCUT2D eigenvalue weighted by Crippen LogP contribution is 2.42. The van der Waals surface area contributed by atoms with Crippen molar-refractivity contribution in [3.05, 3.63) is 104 Å². The van der Waals surface area contributed by atoms with Gasteiger partial charge >= 0.3 is 6.18 Å². The Labute approximate surface area is 243 Å². The third-order valence-corrected chi connectivity index (χ3v) is 7.75. The van der Waals surface area contributed by atoms with Crippen molar-refractivity contribution in [3.8, 4) is 6.07 Å². The van der Waals surface area contributed by atoms with Gasteiger partial charge in [0.2, 0.25) is 5.91 Å². The number of nitrogens with one attached hydrogen (secondary N) is 3. The van der Waals surface area contributed by atoms with E-state index in [0.29, 0.717) is 16.4 Å². The molecule has 7 nitrogen and oxygen atoms in total. The van der Waals surface area contributed by atoms with Crippen molar-refractivity contribution in [2.75, 3.05) is 16.4 Å². The van der Waals surface area contributed by atoms with E-state index >= 15 is 0 Å². The van der Waals surface area contributed by atoms with Gasteiger partial charge in [-0.3, -0.25) is 9.59 Å². The zero-order valence-electron chi connectivity index (χ0n) is 22.1. The summed E-state index contributed by atoms with van der Waals surface area (Å²) < 4.78 is 45.4. The quantitative estimate of drug-likeness (QED) is 0.263. The van der Waals surface area contributed by atoms with Crippen LogP contribution in [0, 0.1) is 25.2 Å². The Morgan fingerprint density at radius 1 is 1.10 bits per heavy atom. The molecule has 2 aromatic carbocycles. The Morgan fingerprint density at radius 2 is 1.85 bits per heavy atom. The summed E-state index contributed by atoms with van der Waals surface area (Å²) in [6.45, 7) is 5.49. The fourth-order valence-corrected chi connectivity index (χ4v) is 5.27. The summed E-state index contributed by atoms with van der Waals surface area (Å²) in [5.41, 5.74) is 2.01. The number of benzene rings is 2. The first kappa shape index (κ1) is 29.8. The van der Waals surface area contributed by atoms with Crippen LogP contribution < -0.4 is 16.0 Å². The van der Waals surface area contributed by atoms with E-state index in [0.717, 1.165) is 41.1 Å². The first-order chi connectivity index (χ1) is 19.4. The number of furan rings is 1. The van der Waals surface area contributed by atoms with E-state index in [1.165, 1.54) is 6.26 Å². The van der Waals surface area contributed by atoms with Crippen LogP contribution in [0.2, 0.25) is 5.02 Å². The highest BCUT2D eigenvalue weighted by molar-refractivity contribution is 8.03. The minimum Gasteiger partial charge on any atom is -0.468 e. The van der Waals surface area contributed by atoms with Gasteiger partial charge in [0.25, 0.3) is 5.91 Å². The Morgan fingerprint density at radius 3 is 2.49 bits per heavy atom. The minimum absolute atomic E-state index is 0.0417. The highest BCUT2D eigenvalue weighted by Gasteiger charge is 2.37. The molecule has 1 aliphatic heterocycles. The fraction of sp³-hybridized carbons (Fsp3) is 0.207. The molecule has 1 aliphatic rings. The van der Waals surface area contributed by atoms with Crippen LogP contribution in [0.3, 0.4) is 0 Å².